The van der Waals surface area contributed by atoms with Crippen LogP contribution in [0.4, 0.5) is 11.4 Å². The fourth-order valence-electron chi connectivity index (χ4n) is 2.70. The van der Waals surface area contributed by atoms with Crippen LogP contribution in [0.15, 0.2) is 59.6 Å². The zero-order valence-electron chi connectivity index (χ0n) is 13.6. The first-order chi connectivity index (χ1) is 11.6. The predicted octanol–water partition coefficient (Wildman–Crippen LogP) is 2.42. The molecule has 0 unspecified atom stereocenters. The number of nitrogens with zero attached hydrogens (tertiary/aromatic N) is 2. The van der Waals surface area contributed by atoms with Gasteiger partial charge in [-0.3, -0.25) is 9.30 Å². The number of aliphatic imine (C=N–C) groups is 1. The van der Waals surface area contributed by atoms with Crippen LogP contribution in [0.2, 0.25) is 0 Å². The van der Waals surface area contributed by atoms with E-state index in [9.17, 15) is 8.42 Å². The molecule has 1 aliphatic rings. The molecule has 1 heterocycles. The highest BCUT2D eigenvalue weighted by Crippen LogP contribution is 2.29. The Hall–Kier alpha value is -1.81. The van der Waals surface area contributed by atoms with Gasteiger partial charge < -0.3 is 11.1 Å². The lowest BCUT2D eigenvalue weighted by Gasteiger charge is -2.18. The maximum Gasteiger partial charge on any atom is 0.237 e. The van der Waals surface area contributed by atoms with Crippen LogP contribution in [0.1, 0.15) is 5.56 Å². The summed E-state index contributed by atoms with van der Waals surface area (Å²) in [5.41, 5.74) is 8.45. The minimum atomic E-state index is -3.40. The maximum atomic E-state index is 12.5. The van der Waals surface area contributed by atoms with E-state index in [1.165, 1.54) is 4.31 Å². The summed E-state index contributed by atoms with van der Waals surface area (Å²) in [6.07, 6.45) is 0.746. The second-order valence-corrected chi connectivity index (χ2v) is 7.54. The van der Waals surface area contributed by atoms with Crippen molar-refractivity contribution < 1.29 is 8.42 Å². The Bertz CT molecular complexity index is 841. The molecule has 8 heteroatoms. The molecule has 0 saturated carbocycles. The number of hydrogen-bond acceptors (Lipinski definition) is 3. The number of anilines is 2. The van der Waals surface area contributed by atoms with Crippen LogP contribution in [0.5, 0.6) is 0 Å². The van der Waals surface area contributed by atoms with Crippen LogP contribution in [-0.4, -0.2) is 33.2 Å². The molecule has 2 aromatic carbocycles. The lowest BCUT2D eigenvalue weighted by atomic mass is 10.2. The van der Waals surface area contributed by atoms with Crippen molar-refractivity contribution >= 4 is 51.3 Å². The molecular formula is C17H21IN4O2S. The highest BCUT2D eigenvalue weighted by atomic mass is 127. The zero-order chi connectivity index (χ0) is 17.0. The molecule has 1 aliphatic heterocycles. The van der Waals surface area contributed by atoms with Crippen LogP contribution >= 0.6 is 24.0 Å². The molecule has 0 fully saturated rings. The van der Waals surface area contributed by atoms with Gasteiger partial charge in [0.25, 0.3) is 0 Å². The Morgan fingerprint density at radius 1 is 1.12 bits per heavy atom. The van der Waals surface area contributed by atoms with Crippen LogP contribution in [0, 0.1) is 0 Å². The Labute approximate surface area is 165 Å². The van der Waals surface area contributed by atoms with Gasteiger partial charge in [0, 0.05) is 12.2 Å². The molecule has 0 amide bonds. The van der Waals surface area contributed by atoms with Gasteiger partial charge >= 0.3 is 0 Å². The van der Waals surface area contributed by atoms with Crippen molar-refractivity contribution in [3.63, 3.8) is 0 Å². The molecule has 0 saturated heterocycles. The first-order valence-corrected chi connectivity index (χ1v) is 9.37. The SMILES string of the molecule is I.NC(=NCCS(=O)(=O)N1CCc2ccccc21)Nc1ccccc1. The van der Waals surface area contributed by atoms with E-state index < -0.39 is 10.0 Å². The second kappa shape index (κ2) is 8.52. The van der Waals surface area contributed by atoms with Crippen molar-refractivity contribution in [2.45, 2.75) is 6.42 Å². The van der Waals surface area contributed by atoms with Gasteiger partial charge in [-0.15, -0.1) is 24.0 Å². The van der Waals surface area contributed by atoms with Gasteiger partial charge in [-0.1, -0.05) is 36.4 Å². The monoisotopic (exact) mass is 472 g/mol. The molecule has 0 aliphatic carbocycles. The number of fused-ring (bicyclic) bond motifs is 1. The van der Waals surface area contributed by atoms with E-state index in [0.29, 0.717) is 6.54 Å². The molecule has 2 aromatic rings. The lowest BCUT2D eigenvalue weighted by molar-refractivity contribution is 0.592. The summed E-state index contributed by atoms with van der Waals surface area (Å²) in [6, 6.07) is 17.0. The van der Waals surface area contributed by atoms with Gasteiger partial charge in [0.2, 0.25) is 10.0 Å². The topological polar surface area (TPSA) is 87.8 Å². The summed E-state index contributed by atoms with van der Waals surface area (Å²) in [4.78, 5) is 4.11. The molecule has 25 heavy (non-hydrogen) atoms. The fraction of sp³-hybridized carbons (Fsp3) is 0.235. The van der Waals surface area contributed by atoms with Crippen LogP contribution in [0.25, 0.3) is 0 Å². The van der Waals surface area contributed by atoms with Crippen molar-refractivity contribution in [1.82, 2.24) is 0 Å². The summed E-state index contributed by atoms with van der Waals surface area (Å²) < 4.78 is 26.5. The highest BCUT2D eigenvalue weighted by Gasteiger charge is 2.28. The van der Waals surface area contributed by atoms with Crippen LogP contribution < -0.4 is 15.4 Å². The van der Waals surface area contributed by atoms with Crippen molar-refractivity contribution in [1.29, 1.82) is 0 Å². The first-order valence-electron chi connectivity index (χ1n) is 7.76. The number of nitrogens with two attached hydrogens (primary N) is 1. The van der Waals surface area contributed by atoms with Crippen molar-refractivity contribution in [2.24, 2.45) is 10.7 Å². The smallest absolute Gasteiger partial charge is 0.237 e. The minimum Gasteiger partial charge on any atom is -0.370 e. The van der Waals surface area contributed by atoms with Gasteiger partial charge in [-0.05, 0) is 30.2 Å². The predicted molar refractivity (Wildman–Crippen MR) is 113 cm³/mol. The summed E-state index contributed by atoms with van der Waals surface area (Å²) >= 11 is 0. The van der Waals surface area contributed by atoms with E-state index in [1.807, 2.05) is 54.6 Å². The molecule has 6 nitrogen and oxygen atoms in total. The van der Waals surface area contributed by atoms with E-state index in [-0.39, 0.29) is 42.2 Å². The fourth-order valence-corrected chi connectivity index (χ4v) is 4.09. The lowest BCUT2D eigenvalue weighted by Crippen LogP contribution is -2.33. The minimum absolute atomic E-state index is 0. The molecule has 0 atom stereocenters. The Morgan fingerprint density at radius 3 is 2.56 bits per heavy atom. The Morgan fingerprint density at radius 2 is 1.80 bits per heavy atom. The van der Waals surface area contributed by atoms with Gasteiger partial charge in [0.05, 0.1) is 18.0 Å². The second-order valence-electron chi connectivity index (χ2n) is 5.52. The molecule has 134 valence electrons. The van der Waals surface area contributed by atoms with E-state index >= 15 is 0 Å². The zero-order valence-corrected chi connectivity index (χ0v) is 16.8. The van der Waals surface area contributed by atoms with E-state index in [2.05, 4.69) is 10.3 Å². The quantitative estimate of drug-likeness (QED) is 0.398. The van der Waals surface area contributed by atoms with Crippen LogP contribution in [-0.2, 0) is 16.4 Å². The first kappa shape index (κ1) is 19.5. The third-order valence-electron chi connectivity index (χ3n) is 3.86. The molecule has 3 rings (SSSR count). The number of hydrogen-bond donors (Lipinski definition) is 2. The Kier molecular flexibility index (Phi) is 6.65. The number of benzene rings is 2. The molecule has 0 radical (unpaired) electrons. The van der Waals surface area contributed by atoms with E-state index in [4.69, 9.17) is 5.73 Å². The largest absolute Gasteiger partial charge is 0.370 e. The normalized spacial score (nSPS) is 13.9. The van der Waals surface area contributed by atoms with Gasteiger partial charge in [0.1, 0.15) is 0 Å². The molecule has 0 spiro atoms. The van der Waals surface area contributed by atoms with Crippen LogP contribution in [0.3, 0.4) is 0 Å². The third-order valence-corrected chi connectivity index (χ3v) is 5.61. The summed E-state index contributed by atoms with van der Waals surface area (Å²) in [6.45, 7) is 0.607. The summed E-state index contributed by atoms with van der Waals surface area (Å²) in [5, 5.41) is 2.93. The number of guanidine groups is 1. The number of rotatable bonds is 5. The van der Waals surface area contributed by atoms with Crippen molar-refractivity contribution in [3.05, 3.63) is 60.2 Å². The summed E-state index contributed by atoms with van der Waals surface area (Å²) in [7, 11) is -3.40. The number of halogens is 1. The average Bonchev–Trinajstić information content (AvgIpc) is 3.00. The number of nitrogens with one attached hydrogen (secondary N) is 1. The molecule has 0 bridgehead atoms. The third kappa shape index (κ3) is 4.85. The van der Waals surface area contributed by atoms with E-state index in [1.54, 1.807) is 0 Å². The van der Waals surface area contributed by atoms with Gasteiger partial charge in [-0.25, -0.2) is 8.42 Å². The van der Waals surface area contributed by atoms with Crippen molar-refractivity contribution in [3.8, 4) is 0 Å². The molecular weight excluding hydrogens is 451 g/mol. The molecule has 0 aromatic heterocycles. The Balaban J connectivity index is 0.00000225. The highest BCUT2D eigenvalue weighted by molar-refractivity contribution is 14.0. The van der Waals surface area contributed by atoms with Crippen molar-refractivity contribution in [2.75, 3.05) is 28.5 Å². The average molecular weight is 472 g/mol. The standard InChI is InChI=1S/C17H20N4O2S.HI/c18-17(20-15-7-2-1-3-8-15)19-11-13-24(22,23)21-12-10-14-6-4-5-9-16(14)21;/h1-9H,10-13H2,(H3,18,19,20);1H. The number of para-hydroxylation sites is 2. The van der Waals surface area contributed by atoms with E-state index in [0.717, 1.165) is 23.4 Å². The number of sulfonamides is 1. The summed E-state index contributed by atoms with van der Waals surface area (Å²) in [5.74, 6) is 0.136. The maximum absolute atomic E-state index is 12.5. The molecule has 3 N–H and O–H groups in total. The van der Waals surface area contributed by atoms with Gasteiger partial charge in [0.15, 0.2) is 5.96 Å². The van der Waals surface area contributed by atoms with Gasteiger partial charge in [-0.2, -0.15) is 0 Å².